The molecule has 4 rings (SSSR count). The highest BCUT2D eigenvalue weighted by atomic mass is 32.2. The highest BCUT2D eigenvalue weighted by Gasteiger charge is 2.48. The predicted molar refractivity (Wildman–Crippen MR) is 116 cm³/mol. The monoisotopic (exact) mass is 394 g/mol. The minimum absolute atomic E-state index is 0.112. The lowest BCUT2D eigenvalue weighted by atomic mass is 9.72. The summed E-state index contributed by atoms with van der Waals surface area (Å²) in [6.45, 7) is 8.26. The largest absolute Gasteiger partial charge is 0.508 e. The Bertz CT molecular complexity index is 910. The van der Waals surface area contributed by atoms with Crippen LogP contribution in [0.4, 0.5) is 0 Å². The molecule has 2 atom stereocenters. The molecular formula is C23H26N2O2S. The molecule has 0 aliphatic carbocycles. The van der Waals surface area contributed by atoms with Crippen molar-refractivity contribution in [1.29, 1.82) is 0 Å². The van der Waals surface area contributed by atoms with E-state index in [2.05, 4.69) is 37.9 Å². The van der Waals surface area contributed by atoms with Crippen molar-refractivity contribution in [2.24, 2.45) is 4.99 Å². The molecule has 0 amide bonds. The van der Waals surface area contributed by atoms with Crippen molar-refractivity contribution in [2.75, 3.05) is 5.75 Å². The molecule has 2 aliphatic rings. The SMILES string of the molecule is C=CCSC1=NC2(CC(c3ccccc3)Oc3cc(O)ccc32)CC(C)(C)N1. The van der Waals surface area contributed by atoms with E-state index in [1.54, 1.807) is 23.9 Å². The van der Waals surface area contributed by atoms with Gasteiger partial charge in [-0.2, -0.15) is 0 Å². The van der Waals surface area contributed by atoms with Gasteiger partial charge in [0.2, 0.25) is 0 Å². The molecule has 2 aliphatic heterocycles. The molecule has 0 saturated heterocycles. The van der Waals surface area contributed by atoms with Gasteiger partial charge in [0, 0.05) is 29.3 Å². The van der Waals surface area contributed by atoms with Gasteiger partial charge in [-0.05, 0) is 38.0 Å². The zero-order valence-electron chi connectivity index (χ0n) is 16.3. The van der Waals surface area contributed by atoms with E-state index in [0.717, 1.165) is 40.6 Å². The summed E-state index contributed by atoms with van der Waals surface area (Å²) >= 11 is 1.67. The summed E-state index contributed by atoms with van der Waals surface area (Å²) in [4.78, 5) is 5.21. The number of phenolic OH excluding ortho intramolecular Hbond substituents is 1. The summed E-state index contributed by atoms with van der Waals surface area (Å²) in [5, 5.41) is 14.6. The number of nitrogens with zero attached hydrogens (tertiary/aromatic N) is 1. The van der Waals surface area contributed by atoms with Crippen LogP contribution in [0, 0.1) is 0 Å². The number of nitrogens with one attached hydrogen (secondary N) is 1. The number of hydrogen-bond donors (Lipinski definition) is 2. The number of rotatable bonds is 3. The molecule has 2 heterocycles. The van der Waals surface area contributed by atoms with Gasteiger partial charge in [-0.3, -0.25) is 4.99 Å². The third kappa shape index (κ3) is 3.63. The molecule has 4 nitrogen and oxygen atoms in total. The van der Waals surface area contributed by atoms with Gasteiger partial charge in [-0.1, -0.05) is 48.2 Å². The Morgan fingerprint density at radius 1 is 1.29 bits per heavy atom. The van der Waals surface area contributed by atoms with Crippen molar-refractivity contribution in [3.8, 4) is 11.5 Å². The first-order chi connectivity index (χ1) is 13.4. The topological polar surface area (TPSA) is 53.9 Å². The quantitative estimate of drug-likeness (QED) is 0.706. The summed E-state index contributed by atoms with van der Waals surface area (Å²) in [7, 11) is 0. The number of phenols is 1. The van der Waals surface area contributed by atoms with Gasteiger partial charge in [-0.15, -0.1) is 6.58 Å². The fourth-order valence-electron chi connectivity index (χ4n) is 4.26. The van der Waals surface area contributed by atoms with Crippen molar-refractivity contribution in [3.63, 3.8) is 0 Å². The van der Waals surface area contributed by atoms with E-state index >= 15 is 0 Å². The van der Waals surface area contributed by atoms with Crippen molar-refractivity contribution in [1.82, 2.24) is 5.32 Å². The molecule has 2 aromatic carbocycles. The number of aromatic hydroxyl groups is 1. The third-order valence-corrected chi connectivity index (χ3v) is 6.13. The second kappa shape index (κ2) is 7.21. The average Bonchev–Trinajstić information content (AvgIpc) is 2.65. The van der Waals surface area contributed by atoms with Gasteiger partial charge in [0.25, 0.3) is 0 Å². The number of amidine groups is 1. The van der Waals surface area contributed by atoms with E-state index in [1.807, 2.05) is 30.3 Å². The van der Waals surface area contributed by atoms with Gasteiger partial charge in [0.15, 0.2) is 5.17 Å². The highest BCUT2D eigenvalue weighted by molar-refractivity contribution is 8.13. The molecule has 146 valence electrons. The van der Waals surface area contributed by atoms with Crippen LogP contribution in [0.3, 0.4) is 0 Å². The fraction of sp³-hybridized carbons (Fsp3) is 0.348. The first kappa shape index (κ1) is 18.9. The molecule has 2 unspecified atom stereocenters. The van der Waals surface area contributed by atoms with Crippen LogP contribution in [-0.2, 0) is 5.54 Å². The van der Waals surface area contributed by atoms with Gasteiger partial charge in [0.1, 0.15) is 17.6 Å². The lowest BCUT2D eigenvalue weighted by Crippen LogP contribution is -2.53. The molecule has 0 bridgehead atoms. The van der Waals surface area contributed by atoms with Gasteiger partial charge < -0.3 is 15.2 Å². The number of thioether (sulfide) groups is 1. The van der Waals surface area contributed by atoms with Crippen molar-refractivity contribution in [2.45, 2.75) is 43.9 Å². The van der Waals surface area contributed by atoms with E-state index in [9.17, 15) is 5.11 Å². The van der Waals surface area contributed by atoms with Gasteiger partial charge in [0.05, 0.1) is 5.54 Å². The lowest BCUT2D eigenvalue weighted by molar-refractivity contribution is 0.103. The van der Waals surface area contributed by atoms with Gasteiger partial charge >= 0.3 is 0 Å². The Kier molecular flexibility index (Phi) is 4.88. The highest BCUT2D eigenvalue weighted by Crippen LogP contribution is 2.52. The third-order valence-electron chi connectivity index (χ3n) is 5.26. The zero-order valence-corrected chi connectivity index (χ0v) is 17.1. The second-order valence-electron chi connectivity index (χ2n) is 8.14. The Hall–Kier alpha value is -2.40. The summed E-state index contributed by atoms with van der Waals surface area (Å²) < 4.78 is 6.34. The van der Waals surface area contributed by atoms with Crippen LogP contribution < -0.4 is 10.1 Å². The molecule has 0 fully saturated rings. The summed E-state index contributed by atoms with van der Waals surface area (Å²) in [6.07, 6.45) is 3.39. The van der Waals surface area contributed by atoms with Crippen molar-refractivity contribution >= 4 is 16.9 Å². The maximum absolute atomic E-state index is 10.1. The lowest BCUT2D eigenvalue weighted by Gasteiger charge is -2.47. The Labute approximate surface area is 170 Å². The average molecular weight is 395 g/mol. The van der Waals surface area contributed by atoms with Crippen LogP contribution in [0.25, 0.3) is 0 Å². The maximum atomic E-state index is 10.1. The van der Waals surface area contributed by atoms with Crippen molar-refractivity contribution in [3.05, 3.63) is 72.3 Å². The smallest absolute Gasteiger partial charge is 0.158 e. The Morgan fingerprint density at radius 3 is 2.82 bits per heavy atom. The maximum Gasteiger partial charge on any atom is 0.158 e. The number of fused-ring (bicyclic) bond motifs is 2. The molecule has 0 radical (unpaired) electrons. The van der Waals surface area contributed by atoms with Crippen LogP contribution in [-0.4, -0.2) is 21.6 Å². The molecule has 28 heavy (non-hydrogen) atoms. The molecule has 2 aromatic rings. The molecule has 0 aromatic heterocycles. The second-order valence-corrected chi connectivity index (χ2v) is 9.14. The number of benzene rings is 2. The minimum atomic E-state index is -0.403. The van der Waals surface area contributed by atoms with E-state index in [4.69, 9.17) is 9.73 Å². The van der Waals surface area contributed by atoms with Crippen LogP contribution in [0.1, 0.15) is 43.9 Å². The van der Waals surface area contributed by atoms with Crippen LogP contribution in [0.2, 0.25) is 0 Å². The standard InChI is InChI=1S/C23H26N2O2S/c1-4-12-28-21-24-22(2,3)15-23(25-21)14-20(16-8-6-5-7-9-16)27-19-13-17(26)10-11-18(19)23/h4-11,13,20,26H,1,12,14-15H2,2-3H3,(H,24,25). The number of hydrogen-bond acceptors (Lipinski definition) is 5. The van der Waals surface area contributed by atoms with Crippen LogP contribution >= 0.6 is 11.8 Å². The normalized spacial score (nSPS) is 25.2. The summed E-state index contributed by atoms with van der Waals surface area (Å²) in [5.74, 6) is 1.73. The minimum Gasteiger partial charge on any atom is -0.508 e. The predicted octanol–water partition coefficient (Wildman–Crippen LogP) is 5.16. The first-order valence-electron chi connectivity index (χ1n) is 9.58. The molecule has 0 saturated carbocycles. The number of ether oxygens (including phenoxy) is 1. The molecular weight excluding hydrogens is 368 g/mol. The van der Waals surface area contributed by atoms with Crippen LogP contribution in [0.15, 0.2) is 66.2 Å². The summed E-state index contributed by atoms with van der Waals surface area (Å²) in [6, 6.07) is 15.7. The van der Waals surface area contributed by atoms with E-state index in [0.29, 0.717) is 0 Å². The fourth-order valence-corrected chi connectivity index (χ4v) is 5.13. The van der Waals surface area contributed by atoms with Crippen LogP contribution in [0.5, 0.6) is 11.5 Å². The first-order valence-corrected chi connectivity index (χ1v) is 10.6. The Morgan fingerprint density at radius 2 is 2.07 bits per heavy atom. The van der Waals surface area contributed by atoms with Gasteiger partial charge in [-0.25, -0.2) is 0 Å². The molecule has 5 heteroatoms. The van der Waals surface area contributed by atoms with E-state index < -0.39 is 5.54 Å². The summed E-state index contributed by atoms with van der Waals surface area (Å²) in [5.41, 5.74) is 1.66. The Balaban J connectivity index is 1.84. The van der Waals surface area contributed by atoms with E-state index in [-0.39, 0.29) is 17.4 Å². The zero-order chi connectivity index (χ0) is 19.8. The van der Waals surface area contributed by atoms with E-state index in [1.165, 1.54) is 0 Å². The molecule has 1 spiro atoms. The number of aliphatic imine (C=N–C) groups is 1. The molecule has 2 N–H and O–H groups in total. The van der Waals surface area contributed by atoms with Crippen molar-refractivity contribution < 1.29 is 9.84 Å².